The lowest BCUT2D eigenvalue weighted by Gasteiger charge is -2.20. The second-order valence-electron chi connectivity index (χ2n) is 3.46. The standard InChI is InChI=1S/C11H15Cl2NO2/c12-10-1-2-11(13)9(7-10)8-14(3-5-15)4-6-16/h1-2,7,15-16H,3-6,8H2. The predicted molar refractivity (Wildman–Crippen MR) is 65.9 cm³/mol. The molecule has 0 atom stereocenters. The van der Waals surface area contributed by atoms with Gasteiger partial charge in [0.15, 0.2) is 0 Å². The van der Waals surface area contributed by atoms with E-state index in [1.807, 2.05) is 4.90 Å². The minimum atomic E-state index is 0.0538. The van der Waals surface area contributed by atoms with Gasteiger partial charge in [0.1, 0.15) is 0 Å². The van der Waals surface area contributed by atoms with E-state index in [1.165, 1.54) is 0 Å². The molecule has 0 aliphatic heterocycles. The number of rotatable bonds is 6. The van der Waals surface area contributed by atoms with Gasteiger partial charge in [0, 0.05) is 29.7 Å². The Hall–Kier alpha value is -0.320. The van der Waals surface area contributed by atoms with E-state index >= 15 is 0 Å². The number of hydrogen-bond donors (Lipinski definition) is 2. The maximum absolute atomic E-state index is 8.88. The molecule has 0 amide bonds. The number of benzene rings is 1. The van der Waals surface area contributed by atoms with E-state index in [4.69, 9.17) is 33.4 Å². The minimum Gasteiger partial charge on any atom is -0.395 e. The van der Waals surface area contributed by atoms with E-state index < -0.39 is 0 Å². The predicted octanol–water partition coefficient (Wildman–Crippen LogP) is 1.78. The first-order valence-corrected chi connectivity index (χ1v) is 5.81. The highest BCUT2D eigenvalue weighted by molar-refractivity contribution is 6.33. The molecule has 0 aromatic heterocycles. The van der Waals surface area contributed by atoms with Crippen molar-refractivity contribution in [3.63, 3.8) is 0 Å². The molecule has 3 nitrogen and oxygen atoms in total. The zero-order valence-electron chi connectivity index (χ0n) is 8.87. The van der Waals surface area contributed by atoms with Crippen molar-refractivity contribution in [3.8, 4) is 0 Å². The number of aliphatic hydroxyl groups is 2. The molecular formula is C11H15Cl2NO2. The first-order chi connectivity index (χ1) is 7.67. The van der Waals surface area contributed by atoms with Crippen molar-refractivity contribution >= 4 is 23.2 Å². The van der Waals surface area contributed by atoms with Crippen molar-refractivity contribution in [2.24, 2.45) is 0 Å². The van der Waals surface area contributed by atoms with E-state index in [-0.39, 0.29) is 13.2 Å². The number of halogens is 2. The molecule has 1 aromatic carbocycles. The van der Waals surface area contributed by atoms with Gasteiger partial charge in [0.25, 0.3) is 0 Å². The van der Waals surface area contributed by atoms with Gasteiger partial charge in [-0.05, 0) is 23.8 Å². The first-order valence-electron chi connectivity index (χ1n) is 5.05. The normalized spacial score (nSPS) is 11.1. The van der Waals surface area contributed by atoms with Gasteiger partial charge in [0.05, 0.1) is 13.2 Å². The van der Waals surface area contributed by atoms with Crippen LogP contribution in [0.3, 0.4) is 0 Å². The van der Waals surface area contributed by atoms with Crippen LogP contribution in [0.4, 0.5) is 0 Å². The van der Waals surface area contributed by atoms with Crippen molar-refractivity contribution in [1.29, 1.82) is 0 Å². The molecule has 0 radical (unpaired) electrons. The summed E-state index contributed by atoms with van der Waals surface area (Å²) in [6.07, 6.45) is 0. The zero-order valence-corrected chi connectivity index (χ0v) is 10.4. The van der Waals surface area contributed by atoms with Crippen LogP contribution in [-0.2, 0) is 6.54 Å². The lowest BCUT2D eigenvalue weighted by atomic mass is 10.2. The second-order valence-corrected chi connectivity index (χ2v) is 4.30. The molecule has 90 valence electrons. The molecule has 0 aliphatic carbocycles. The van der Waals surface area contributed by atoms with Gasteiger partial charge in [-0.15, -0.1) is 0 Å². The van der Waals surface area contributed by atoms with Crippen LogP contribution in [0.1, 0.15) is 5.56 Å². The molecule has 0 saturated carbocycles. The van der Waals surface area contributed by atoms with Crippen molar-refractivity contribution in [1.82, 2.24) is 4.90 Å². The lowest BCUT2D eigenvalue weighted by Crippen LogP contribution is -2.29. The summed E-state index contributed by atoms with van der Waals surface area (Å²) in [5.74, 6) is 0. The van der Waals surface area contributed by atoms with E-state index in [1.54, 1.807) is 18.2 Å². The monoisotopic (exact) mass is 263 g/mol. The molecule has 16 heavy (non-hydrogen) atoms. The van der Waals surface area contributed by atoms with Crippen molar-refractivity contribution in [2.75, 3.05) is 26.3 Å². The Labute approximate surface area is 105 Å². The molecule has 0 saturated heterocycles. The van der Waals surface area contributed by atoms with Gasteiger partial charge in [-0.1, -0.05) is 23.2 Å². The fourth-order valence-corrected chi connectivity index (χ4v) is 1.83. The van der Waals surface area contributed by atoms with Crippen molar-refractivity contribution in [2.45, 2.75) is 6.54 Å². The number of aliphatic hydroxyl groups excluding tert-OH is 2. The molecular weight excluding hydrogens is 249 g/mol. The highest BCUT2D eigenvalue weighted by Crippen LogP contribution is 2.21. The van der Waals surface area contributed by atoms with Crippen LogP contribution < -0.4 is 0 Å². The fourth-order valence-electron chi connectivity index (χ4n) is 1.46. The average Bonchev–Trinajstić information content (AvgIpc) is 2.24. The summed E-state index contributed by atoms with van der Waals surface area (Å²) in [6.45, 7) is 1.68. The van der Waals surface area contributed by atoms with Gasteiger partial charge in [-0.3, -0.25) is 4.90 Å². The van der Waals surface area contributed by atoms with E-state index in [9.17, 15) is 0 Å². The molecule has 0 unspecified atom stereocenters. The fraction of sp³-hybridized carbons (Fsp3) is 0.455. The summed E-state index contributed by atoms with van der Waals surface area (Å²) in [5, 5.41) is 19.0. The lowest BCUT2D eigenvalue weighted by molar-refractivity contribution is 0.156. The molecule has 0 heterocycles. The summed E-state index contributed by atoms with van der Waals surface area (Å²) >= 11 is 11.9. The van der Waals surface area contributed by atoms with Crippen LogP contribution >= 0.6 is 23.2 Å². The summed E-state index contributed by atoms with van der Waals surface area (Å²) in [7, 11) is 0. The van der Waals surface area contributed by atoms with E-state index in [0.29, 0.717) is 29.7 Å². The van der Waals surface area contributed by atoms with Gasteiger partial charge in [-0.2, -0.15) is 0 Å². The Morgan fingerprint density at radius 2 is 1.69 bits per heavy atom. The largest absolute Gasteiger partial charge is 0.395 e. The summed E-state index contributed by atoms with van der Waals surface area (Å²) < 4.78 is 0. The Morgan fingerprint density at radius 1 is 1.06 bits per heavy atom. The second kappa shape index (κ2) is 7.09. The maximum Gasteiger partial charge on any atom is 0.0558 e. The average molecular weight is 264 g/mol. The Balaban J connectivity index is 2.71. The summed E-state index contributed by atoms with van der Waals surface area (Å²) in [4.78, 5) is 1.91. The first kappa shape index (κ1) is 13.7. The topological polar surface area (TPSA) is 43.7 Å². The van der Waals surface area contributed by atoms with Crippen LogP contribution in [0.15, 0.2) is 18.2 Å². The highest BCUT2D eigenvalue weighted by atomic mass is 35.5. The third-order valence-electron chi connectivity index (χ3n) is 2.23. The van der Waals surface area contributed by atoms with Crippen LogP contribution in [0.5, 0.6) is 0 Å². The minimum absolute atomic E-state index is 0.0538. The Morgan fingerprint density at radius 3 is 2.25 bits per heavy atom. The van der Waals surface area contributed by atoms with E-state index in [0.717, 1.165) is 5.56 Å². The smallest absolute Gasteiger partial charge is 0.0558 e. The molecule has 1 aromatic rings. The molecule has 1 rings (SSSR count). The maximum atomic E-state index is 8.88. The summed E-state index contributed by atoms with van der Waals surface area (Å²) in [5.41, 5.74) is 0.899. The molecule has 2 N–H and O–H groups in total. The van der Waals surface area contributed by atoms with E-state index in [2.05, 4.69) is 0 Å². The zero-order chi connectivity index (χ0) is 12.0. The number of nitrogens with zero attached hydrogens (tertiary/aromatic N) is 1. The van der Waals surface area contributed by atoms with Crippen LogP contribution in [0.2, 0.25) is 10.0 Å². The van der Waals surface area contributed by atoms with Crippen LogP contribution in [-0.4, -0.2) is 41.4 Å². The summed E-state index contributed by atoms with van der Waals surface area (Å²) in [6, 6.07) is 5.27. The highest BCUT2D eigenvalue weighted by Gasteiger charge is 2.08. The number of hydrogen-bond acceptors (Lipinski definition) is 3. The van der Waals surface area contributed by atoms with Gasteiger partial charge in [0.2, 0.25) is 0 Å². The third-order valence-corrected chi connectivity index (χ3v) is 2.84. The van der Waals surface area contributed by atoms with Gasteiger partial charge in [-0.25, -0.2) is 0 Å². The Kier molecular flexibility index (Phi) is 6.09. The molecule has 0 spiro atoms. The SMILES string of the molecule is OCCN(CCO)Cc1cc(Cl)ccc1Cl. The quantitative estimate of drug-likeness (QED) is 0.823. The van der Waals surface area contributed by atoms with Gasteiger partial charge < -0.3 is 10.2 Å². The van der Waals surface area contributed by atoms with Crippen LogP contribution in [0.25, 0.3) is 0 Å². The van der Waals surface area contributed by atoms with Gasteiger partial charge >= 0.3 is 0 Å². The molecule has 0 bridgehead atoms. The van der Waals surface area contributed by atoms with Crippen LogP contribution in [0, 0.1) is 0 Å². The molecule has 5 heteroatoms. The van der Waals surface area contributed by atoms with Crippen molar-refractivity contribution < 1.29 is 10.2 Å². The molecule has 0 fully saturated rings. The molecule has 0 aliphatic rings. The Bertz CT molecular complexity index is 328. The van der Waals surface area contributed by atoms with Crippen molar-refractivity contribution in [3.05, 3.63) is 33.8 Å². The third kappa shape index (κ3) is 4.28.